The summed E-state index contributed by atoms with van der Waals surface area (Å²) in [5.41, 5.74) is 0.817. The highest BCUT2D eigenvalue weighted by Gasteiger charge is 2.19. The molecule has 0 aliphatic heterocycles. The van der Waals surface area contributed by atoms with Crippen LogP contribution in [0.3, 0.4) is 0 Å². The lowest BCUT2D eigenvalue weighted by molar-refractivity contribution is -0.141. The van der Waals surface area contributed by atoms with E-state index in [2.05, 4.69) is 5.32 Å². The van der Waals surface area contributed by atoms with E-state index in [1.807, 2.05) is 6.26 Å². The fourth-order valence-electron chi connectivity index (χ4n) is 1.67. The van der Waals surface area contributed by atoms with Gasteiger partial charge in [-0.05, 0) is 36.1 Å². The van der Waals surface area contributed by atoms with Crippen LogP contribution in [0.2, 0.25) is 0 Å². The number of ether oxygens (including phenoxy) is 1. The Bertz CT molecular complexity index is 447. The number of carbonyl (C=O) groups is 2. The van der Waals surface area contributed by atoms with Gasteiger partial charge in [0.1, 0.15) is 11.8 Å². The normalized spacial score (nSPS) is 11.7. The van der Waals surface area contributed by atoms with Crippen LogP contribution in [0.15, 0.2) is 24.3 Å². The molecule has 20 heavy (non-hydrogen) atoms. The molecule has 0 heterocycles. The van der Waals surface area contributed by atoms with Crippen molar-refractivity contribution in [1.82, 2.24) is 5.32 Å². The van der Waals surface area contributed by atoms with Crippen LogP contribution in [0.5, 0.6) is 5.75 Å². The van der Waals surface area contributed by atoms with Gasteiger partial charge in [-0.15, -0.1) is 0 Å². The van der Waals surface area contributed by atoms with Crippen LogP contribution in [-0.4, -0.2) is 42.1 Å². The predicted molar refractivity (Wildman–Crippen MR) is 79.3 cm³/mol. The van der Waals surface area contributed by atoms with Crippen LogP contribution >= 0.6 is 11.8 Å². The van der Waals surface area contributed by atoms with Crippen LogP contribution < -0.4 is 10.1 Å². The van der Waals surface area contributed by atoms with E-state index in [4.69, 9.17) is 9.84 Å². The number of thioether (sulfide) groups is 1. The molecule has 6 heteroatoms. The molecule has 2 N–H and O–H groups in total. The Morgan fingerprint density at radius 3 is 2.50 bits per heavy atom. The lowest BCUT2D eigenvalue weighted by Gasteiger charge is -2.14. The van der Waals surface area contributed by atoms with E-state index in [1.165, 1.54) is 0 Å². The first-order chi connectivity index (χ1) is 9.56. The zero-order chi connectivity index (χ0) is 15.0. The fourth-order valence-corrected chi connectivity index (χ4v) is 2.14. The molecule has 1 amide bonds. The molecule has 1 aromatic carbocycles. The third-order valence-corrected chi connectivity index (χ3v) is 3.41. The van der Waals surface area contributed by atoms with Crippen molar-refractivity contribution >= 4 is 23.6 Å². The Labute approximate surface area is 122 Å². The first-order valence-corrected chi connectivity index (χ1v) is 7.60. The minimum Gasteiger partial charge on any atom is -0.497 e. The molecule has 0 saturated carbocycles. The molecule has 0 spiro atoms. The quantitative estimate of drug-likeness (QED) is 0.761. The van der Waals surface area contributed by atoms with Gasteiger partial charge in [0.05, 0.1) is 13.5 Å². The maximum Gasteiger partial charge on any atom is 0.326 e. The highest BCUT2D eigenvalue weighted by molar-refractivity contribution is 7.98. The number of methoxy groups -OCH3 is 1. The maximum absolute atomic E-state index is 11.8. The van der Waals surface area contributed by atoms with E-state index >= 15 is 0 Å². The molecule has 0 fully saturated rings. The molecule has 5 nitrogen and oxygen atoms in total. The van der Waals surface area contributed by atoms with Crippen LogP contribution in [0.4, 0.5) is 0 Å². The predicted octanol–water partition coefficient (Wildman–Crippen LogP) is 1.56. The van der Waals surface area contributed by atoms with Gasteiger partial charge in [-0.25, -0.2) is 4.79 Å². The van der Waals surface area contributed by atoms with Crippen LogP contribution in [-0.2, 0) is 16.0 Å². The van der Waals surface area contributed by atoms with E-state index in [0.717, 1.165) is 11.3 Å². The molecule has 0 bridgehead atoms. The van der Waals surface area contributed by atoms with E-state index in [1.54, 1.807) is 43.1 Å². The summed E-state index contributed by atoms with van der Waals surface area (Å²) in [6.07, 6.45) is 2.48. The summed E-state index contributed by atoms with van der Waals surface area (Å²) in [4.78, 5) is 22.9. The van der Waals surface area contributed by atoms with Gasteiger partial charge in [-0.3, -0.25) is 4.79 Å². The summed E-state index contributed by atoms with van der Waals surface area (Å²) in [6.45, 7) is 0. The molecule has 1 atom stereocenters. The van der Waals surface area contributed by atoms with Gasteiger partial charge in [-0.2, -0.15) is 11.8 Å². The zero-order valence-corrected chi connectivity index (χ0v) is 12.4. The molecular weight excluding hydrogens is 278 g/mol. The highest BCUT2D eigenvalue weighted by Crippen LogP contribution is 2.11. The van der Waals surface area contributed by atoms with Gasteiger partial charge in [-0.1, -0.05) is 12.1 Å². The molecule has 0 aromatic heterocycles. The first kappa shape index (κ1) is 16.4. The molecular formula is C14H19NO4S. The number of nitrogens with one attached hydrogen (secondary N) is 1. The summed E-state index contributed by atoms with van der Waals surface area (Å²) < 4.78 is 5.03. The van der Waals surface area contributed by atoms with Crippen LogP contribution in [0.1, 0.15) is 12.0 Å². The first-order valence-electron chi connectivity index (χ1n) is 6.21. The minimum absolute atomic E-state index is 0.160. The van der Waals surface area contributed by atoms with Gasteiger partial charge < -0.3 is 15.2 Å². The molecule has 1 rings (SSSR count). The van der Waals surface area contributed by atoms with E-state index in [-0.39, 0.29) is 12.3 Å². The van der Waals surface area contributed by atoms with E-state index < -0.39 is 12.0 Å². The summed E-state index contributed by atoms with van der Waals surface area (Å²) >= 11 is 1.55. The summed E-state index contributed by atoms with van der Waals surface area (Å²) in [7, 11) is 1.57. The molecule has 1 aromatic rings. The smallest absolute Gasteiger partial charge is 0.326 e. The molecule has 0 unspecified atom stereocenters. The number of aliphatic carboxylic acids is 1. The Morgan fingerprint density at radius 2 is 2.00 bits per heavy atom. The van der Waals surface area contributed by atoms with Gasteiger partial charge in [0, 0.05) is 0 Å². The second kappa shape index (κ2) is 8.47. The van der Waals surface area contributed by atoms with E-state index in [9.17, 15) is 9.59 Å². The Hall–Kier alpha value is -1.69. The number of carbonyl (C=O) groups excluding carboxylic acids is 1. The molecule has 0 radical (unpaired) electrons. The lowest BCUT2D eigenvalue weighted by atomic mass is 10.1. The highest BCUT2D eigenvalue weighted by atomic mass is 32.2. The van der Waals surface area contributed by atoms with Gasteiger partial charge in [0.2, 0.25) is 5.91 Å². The topological polar surface area (TPSA) is 75.6 Å². The van der Waals surface area contributed by atoms with Crippen LogP contribution in [0.25, 0.3) is 0 Å². The number of carboxylic acids is 1. The number of hydrogen-bond acceptors (Lipinski definition) is 4. The SMILES string of the molecule is COc1ccc(CC(=O)N[C@H](CCSC)C(=O)O)cc1. The second-order valence-electron chi connectivity index (χ2n) is 4.26. The Morgan fingerprint density at radius 1 is 1.35 bits per heavy atom. The van der Waals surface area contributed by atoms with E-state index in [0.29, 0.717) is 12.2 Å². The maximum atomic E-state index is 11.8. The number of amides is 1. The van der Waals surface area contributed by atoms with Gasteiger partial charge >= 0.3 is 5.97 Å². The Balaban J connectivity index is 2.53. The standard InChI is InChI=1S/C14H19NO4S/c1-19-11-5-3-10(4-6-11)9-13(16)15-12(14(17)18)7-8-20-2/h3-6,12H,7-9H2,1-2H3,(H,15,16)(H,17,18)/t12-/m1/s1. The second-order valence-corrected chi connectivity index (χ2v) is 5.25. The van der Waals surface area contributed by atoms with Gasteiger partial charge in [0.25, 0.3) is 0 Å². The number of benzene rings is 1. The fraction of sp³-hybridized carbons (Fsp3) is 0.429. The van der Waals surface area contributed by atoms with Crippen molar-refractivity contribution < 1.29 is 19.4 Å². The third kappa shape index (κ3) is 5.52. The largest absolute Gasteiger partial charge is 0.497 e. The third-order valence-electron chi connectivity index (χ3n) is 2.77. The average Bonchev–Trinajstić information content (AvgIpc) is 2.44. The molecule has 0 aliphatic carbocycles. The molecule has 110 valence electrons. The number of hydrogen-bond donors (Lipinski definition) is 2. The van der Waals surface area contributed by atoms with Crippen molar-refractivity contribution in [2.75, 3.05) is 19.1 Å². The summed E-state index contributed by atoms with van der Waals surface area (Å²) in [6, 6.07) is 6.29. The van der Waals surface area contributed by atoms with Crippen molar-refractivity contribution in [3.05, 3.63) is 29.8 Å². The Kier molecular flexibility index (Phi) is 6.93. The van der Waals surface area contributed by atoms with Crippen LogP contribution in [0, 0.1) is 0 Å². The number of carboxylic acid groups (broad SMARTS) is 1. The summed E-state index contributed by atoms with van der Waals surface area (Å²) in [5.74, 6) is 0.128. The van der Waals surface area contributed by atoms with Crippen molar-refractivity contribution in [1.29, 1.82) is 0 Å². The average molecular weight is 297 g/mol. The lowest BCUT2D eigenvalue weighted by Crippen LogP contribution is -2.41. The van der Waals surface area contributed by atoms with Crippen molar-refractivity contribution in [3.8, 4) is 5.75 Å². The summed E-state index contributed by atoms with van der Waals surface area (Å²) in [5, 5.41) is 11.6. The molecule has 0 aliphatic rings. The van der Waals surface area contributed by atoms with Crippen molar-refractivity contribution in [3.63, 3.8) is 0 Å². The van der Waals surface area contributed by atoms with Crippen molar-refractivity contribution in [2.24, 2.45) is 0 Å². The van der Waals surface area contributed by atoms with Crippen molar-refractivity contribution in [2.45, 2.75) is 18.9 Å². The minimum atomic E-state index is -0.998. The monoisotopic (exact) mass is 297 g/mol. The van der Waals surface area contributed by atoms with Gasteiger partial charge in [0.15, 0.2) is 0 Å². The number of rotatable bonds is 8. The zero-order valence-electron chi connectivity index (χ0n) is 11.6. The molecule has 0 saturated heterocycles.